The number of hydrogen-bond donors (Lipinski definition) is 5. The number of nitrogens with two attached hydrogens (primary N) is 2. The summed E-state index contributed by atoms with van der Waals surface area (Å²) in [6.45, 7) is -0.236. The molecule has 1 unspecified atom stereocenters. The molecule has 1 saturated heterocycles. The standard InChI is InChI=1S/C13H28BFN4O6S/c1-13(17)9-19(7-10(13)3-2-4-14(22)23)26(24,25)18(6-5-15)8-11(16)12(20)21/h10-11,22-23H,2-9,16-17H2,1H3,(H,20,21)/t10-,11?,13-/m0/s1. The Morgan fingerprint density at radius 1 is 1.50 bits per heavy atom. The number of carbonyl (C=O) groups is 1. The van der Waals surface area contributed by atoms with E-state index in [4.69, 9.17) is 26.6 Å². The van der Waals surface area contributed by atoms with E-state index in [1.54, 1.807) is 6.92 Å². The molecule has 0 aromatic carbocycles. The lowest BCUT2D eigenvalue weighted by Crippen LogP contribution is -2.51. The third-order valence-electron chi connectivity index (χ3n) is 4.59. The summed E-state index contributed by atoms with van der Waals surface area (Å²) in [4.78, 5) is 10.9. The molecule has 152 valence electrons. The van der Waals surface area contributed by atoms with Crippen molar-refractivity contribution in [3.8, 4) is 0 Å². The summed E-state index contributed by atoms with van der Waals surface area (Å²) in [7, 11) is -5.56. The Hall–Kier alpha value is -0.825. The zero-order valence-electron chi connectivity index (χ0n) is 14.8. The molecule has 1 rings (SSSR count). The summed E-state index contributed by atoms with van der Waals surface area (Å²) >= 11 is 0. The van der Waals surface area contributed by atoms with E-state index in [0.717, 1.165) is 8.61 Å². The van der Waals surface area contributed by atoms with Crippen molar-refractivity contribution in [1.29, 1.82) is 0 Å². The highest BCUT2D eigenvalue weighted by Crippen LogP contribution is 2.32. The van der Waals surface area contributed by atoms with Crippen LogP contribution in [0.2, 0.25) is 6.32 Å². The second kappa shape index (κ2) is 9.40. The van der Waals surface area contributed by atoms with Crippen LogP contribution >= 0.6 is 0 Å². The molecule has 0 amide bonds. The Kier molecular flexibility index (Phi) is 8.39. The van der Waals surface area contributed by atoms with Crippen molar-refractivity contribution < 1.29 is 32.8 Å². The Morgan fingerprint density at radius 2 is 2.12 bits per heavy atom. The van der Waals surface area contributed by atoms with E-state index in [9.17, 15) is 17.6 Å². The van der Waals surface area contributed by atoms with Crippen LogP contribution in [0.25, 0.3) is 0 Å². The van der Waals surface area contributed by atoms with Crippen LogP contribution in [0.3, 0.4) is 0 Å². The van der Waals surface area contributed by atoms with Gasteiger partial charge >= 0.3 is 13.1 Å². The number of hydrogen-bond acceptors (Lipinski definition) is 7. The molecular formula is C13H28BFN4O6S. The second-order valence-corrected chi connectivity index (χ2v) is 8.83. The van der Waals surface area contributed by atoms with Gasteiger partial charge in [-0.3, -0.25) is 4.79 Å². The van der Waals surface area contributed by atoms with Gasteiger partial charge in [-0.15, -0.1) is 0 Å². The highest BCUT2D eigenvalue weighted by Gasteiger charge is 2.46. The Balaban J connectivity index is 2.87. The van der Waals surface area contributed by atoms with Gasteiger partial charge in [-0.05, 0) is 25.6 Å². The Labute approximate surface area is 153 Å². The van der Waals surface area contributed by atoms with Crippen LogP contribution < -0.4 is 11.5 Å². The molecule has 0 saturated carbocycles. The van der Waals surface area contributed by atoms with Crippen molar-refractivity contribution in [3.63, 3.8) is 0 Å². The predicted octanol–water partition coefficient (Wildman–Crippen LogP) is -2.18. The van der Waals surface area contributed by atoms with Crippen LogP contribution in [-0.4, -0.2) is 89.7 Å². The highest BCUT2D eigenvalue weighted by molar-refractivity contribution is 7.86. The molecule has 26 heavy (non-hydrogen) atoms. The first-order valence-electron chi connectivity index (χ1n) is 8.36. The van der Waals surface area contributed by atoms with Crippen molar-refractivity contribution in [3.05, 3.63) is 0 Å². The number of halogens is 1. The van der Waals surface area contributed by atoms with Gasteiger partial charge in [0.25, 0.3) is 10.2 Å². The predicted molar refractivity (Wildman–Crippen MR) is 94.0 cm³/mol. The van der Waals surface area contributed by atoms with Crippen LogP contribution in [0, 0.1) is 5.92 Å². The van der Waals surface area contributed by atoms with Gasteiger partial charge < -0.3 is 26.6 Å². The van der Waals surface area contributed by atoms with Crippen molar-refractivity contribution in [2.45, 2.75) is 37.7 Å². The van der Waals surface area contributed by atoms with Gasteiger partial charge in [-0.2, -0.15) is 17.0 Å². The SMILES string of the molecule is C[C@]1(N)CN(S(=O)(=O)N(CCF)CC(N)C(=O)O)C[C@@H]1CCCB(O)O. The van der Waals surface area contributed by atoms with Crippen molar-refractivity contribution in [2.24, 2.45) is 17.4 Å². The monoisotopic (exact) mass is 398 g/mol. The van der Waals surface area contributed by atoms with Crippen molar-refractivity contribution in [1.82, 2.24) is 8.61 Å². The van der Waals surface area contributed by atoms with E-state index >= 15 is 0 Å². The number of carboxylic acid groups (broad SMARTS) is 1. The summed E-state index contributed by atoms with van der Waals surface area (Å²) in [5.41, 5.74) is 10.8. The van der Waals surface area contributed by atoms with E-state index < -0.39 is 54.6 Å². The average Bonchev–Trinajstić information content (AvgIpc) is 2.82. The van der Waals surface area contributed by atoms with Gasteiger partial charge in [0.1, 0.15) is 12.7 Å². The van der Waals surface area contributed by atoms with Crippen LogP contribution in [-0.2, 0) is 15.0 Å². The molecule has 7 N–H and O–H groups in total. The quantitative estimate of drug-likeness (QED) is 0.245. The molecule has 0 radical (unpaired) electrons. The number of rotatable bonds is 11. The molecule has 0 aromatic heterocycles. The summed E-state index contributed by atoms with van der Waals surface area (Å²) in [5, 5.41) is 26.7. The van der Waals surface area contributed by atoms with E-state index in [1.807, 2.05) is 0 Å². The molecule has 0 bridgehead atoms. The van der Waals surface area contributed by atoms with E-state index in [1.165, 1.54) is 0 Å². The van der Waals surface area contributed by atoms with Crippen molar-refractivity contribution >= 4 is 23.3 Å². The number of alkyl halides is 1. The van der Waals surface area contributed by atoms with Crippen molar-refractivity contribution in [2.75, 3.05) is 32.9 Å². The van der Waals surface area contributed by atoms with Gasteiger partial charge in [0.2, 0.25) is 0 Å². The normalized spacial score (nSPS) is 25.6. The average molecular weight is 398 g/mol. The molecule has 13 heteroatoms. The maximum Gasteiger partial charge on any atom is 0.451 e. The fraction of sp³-hybridized carbons (Fsp3) is 0.923. The smallest absolute Gasteiger partial charge is 0.451 e. The molecule has 1 aliphatic rings. The van der Waals surface area contributed by atoms with Crippen LogP contribution in [0.4, 0.5) is 4.39 Å². The fourth-order valence-electron chi connectivity index (χ4n) is 3.03. The van der Waals surface area contributed by atoms with Crippen LogP contribution in [0.15, 0.2) is 0 Å². The minimum Gasteiger partial charge on any atom is -0.480 e. The molecule has 1 fully saturated rings. The van der Waals surface area contributed by atoms with Gasteiger partial charge in [-0.1, -0.05) is 6.42 Å². The molecule has 10 nitrogen and oxygen atoms in total. The maximum absolute atomic E-state index is 12.8. The number of carboxylic acids is 1. The summed E-state index contributed by atoms with van der Waals surface area (Å²) in [5.74, 6) is -1.61. The Bertz CT molecular complexity index is 579. The summed E-state index contributed by atoms with van der Waals surface area (Å²) in [6, 6.07) is -1.47. The molecule has 1 heterocycles. The number of nitrogens with zero attached hydrogens (tertiary/aromatic N) is 2. The van der Waals surface area contributed by atoms with Crippen LogP contribution in [0.5, 0.6) is 0 Å². The molecule has 0 aromatic rings. The van der Waals surface area contributed by atoms with Gasteiger partial charge in [0.05, 0.1) is 0 Å². The third-order valence-corrected chi connectivity index (χ3v) is 6.51. The zero-order valence-corrected chi connectivity index (χ0v) is 15.6. The lowest BCUT2D eigenvalue weighted by atomic mass is 9.79. The van der Waals surface area contributed by atoms with E-state index in [-0.39, 0.29) is 25.3 Å². The van der Waals surface area contributed by atoms with Gasteiger partial charge in [0.15, 0.2) is 0 Å². The topological polar surface area (TPSA) is 170 Å². The molecule has 0 spiro atoms. The van der Waals surface area contributed by atoms with Gasteiger partial charge in [-0.25, -0.2) is 4.39 Å². The lowest BCUT2D eigenvalue weighted by Gasteiger charge is -2.28. The van der Waals surface area contributed by atoms with Crippen LogP contribution in [0.1, 0.15) is 19.8 Å². The third kappa shape index (κ3) is 6.11. The molecule has 0 aliphatic carbocycles. The first-order chi connectivity index (χ1) is 11.9. The molecule has 1 aliphatic heterocycles. The first-order valence-corrected chi connectivity index (χ1v) is 9.76. The summed E-state index contributed by atoms with van der Waals surface area (Å²) < 4.78 is 40.2. The first kappa shape index (κ1) is 23.2. The second-order valence-electron chi connectivity index (χ2n) is 6.91. The Morgan fingerprint density at radius 3 is 2.62 bits per heavy atom. The largest absolute Gasteiger partial charge is 0.480 e. The van der Waals surface area contributed by atoms with E-state index in [2.05, 4.69) is 0 Å². The molecular weight excluding hydrogens is 370 g/mol. The minimum atomic E-state index is -4.13. The molecule has 3 atom stereocenters. The highest BCUT2D eigenvalue weighted by atomic mass is 32.2. The lowest BCUT2D eigenvalue weighted by molar-refractivity contribution is -0.138. The fourth-order valence-corrected chi connectivity index (χ4v) is 4.81. The maximum atomic E-state index is 12.8. The van der Waals surface area contributed by atoms with Gasteiger partial charge in [0, 0.05) is 31.7 Å². The summed E-state index contributed by atoms with van der Waals surface area (Å²) in [6.07, 6.45) is 1.11. The zero-order chi connectivity index (χ0) is 20.1. The van der Waals surface area contributed by atoms with E-state index in [0.29, 0.717) is 12.8 Å². The minimum absolute atomic E-state index is 0.00717. The number of aliphatic carboxylic acids is 1.